The molecule has 40 heavy (non-hydrogen) atoms. The van der Waals surface area contributed by atoms with Crippen LogP contribution in [0.4, 0.5) is 8.78 Å². The lowest BCUT2D eigenvalue weighted by molar-refractivity contribution is 0.141. The van der Waals surface area contributed by atoms with E-state index in [0.29, 0.717) is 12.5 Å². The molecule has 2 aliphatic rings. The van der Waals surface area contributed by atoms with E-state index in [1.54, 1.807) is 0 Å². The maximum Gasteiger partial charge on any atom is 0.204 e. The molecule has 0 N–H and O–H groups in total. The molecule has 2 aliphatic carbocycles. The minimum atomic E-state index is -0.995. The van der Waals surface area contributed by atoms with Crippen molar-refractivity contribution in [1.29, 1.82) is 0 Å². The molecular formula is C36H44F2O2. The van der Waals surface area contributed by atoms with Gasteiger partial charge in [0.1, 0.15) is 6.61 Å². The molecular weight excluding hydrogens is 502 g/mol. The summed E-state index contributed by atoms with van der Waals surface area (Å²) in [6, 6.07) is 20.9. The van der Waals surface area contributed by atoms with Gasteiger partial charge in [-0.1, -0.05) is 75.2 Å². The summed E-state index contributed by atoms with van der Waals surface area (Å²) in [5.74, 6) is 0.857. The second-order valence-corrected chi connectivity index (χ2v) is 12.0. The molecule has 4 unspecified atom stereocenters. The highest BCUT2D eigenvalue weighted by Crippen LogP contribution is 2.49. The van der Waals surface area contributed by atoms with E-state index in [1.807, 2.05) is 6.92 Å². The van der Waals surface area contributed by atoms with E-state index in [9.17, 15) is 8.78 Å². The molecule has 0 heterocycles. The van der Waals surface area contributed by atoms with Crippen molar-refractivity contribution in [3.8, 4) is 11.5 Å². The number of hydrogen-bond acceptors (Lipinski definition) is 2. The molecule has 5 rings (SSSR count). The summed E-state index contributed by atoms with van der Waals surface area (Å²) >= 11 is 0. The maximum absolute atomic E-state index is 14.5. The number of rotatable bonds is 11. The lowest BCUT2D eigenvalue weighted by atomic mass is 9.63. The van der Waals surface area contributed by atoms with Crippen molar-refractivity contribution < 1.29 is 18.3 Å². The summed E-state index contributed by atoms with van der Waals surface area (Å²) in [6.07, 6.45) is 11.9. The SMILES string of the molecule is CCCCOc1ccc(OCc2ccc(C3CCC4CC(c5ccc(CCC)cc5)CCC4C3)cc2)c(F)c1F. The van der Waals surface area contributed by atoms with Crippen LogP contribution in [-0.4, -0.2) is 6.61 Å². The molecule has 0 amide bonds. The van der Waals surface area contributed by atoms with Gasteiger partial charge in [-0.15, -0.1) is 0 Å². The van der Waals surface area contributed by atoms with Gasteiger partial charge in [-0.2, -0.15) is 8.78 Å². The Hall–Kier alpha value is -2.88. The fourth-order valence-corrected chi connectivity index (χ4v) is 6.85. The molecule has 2 nitrogen and oxygen atoms in total. The van der Waals surface area contributed by atoms with Crippen LogP contribution in [0.15, 0.2) is 60.7 Å². The molecule has 4 atom stereocenters. The zero-order valence-electron chi connectivity index (χ0n) is 24.1. The fraction of sp³-hybridized carbons (Fsp3) is 0.500. The summed E-state index contributed by atoms with van der Waals surface area (Å²) in [6.45, 7) is 4.83. The van der Waals surface area contributed by atoms with Gasteiger partial charge in [0.05, 0.1) is 6.61 Å². The largest absolute Gasteiger partial charge is 0.490 e. The van der Waals surface area contributed by atoms with E-state index in [4.69, 9.17) is 9.47 Å². The normalized spacial score (nSPS) is 22.5. The third-order valence-corrected chi connectivity index (χ3v) is 9.22. The monoisotopic (exact) mass is 546 g/mol. The van der Waals surface area contributed by atoms with Crippen LogP contribution in [0.2, 0.25) is 0 Å². The zero-order chi connectivity index (χ0) is 27.9. The molecule has 3 aromatic carbocycles. The second-order valence-electron chi connectivity index (χ2n) is 12.0. The molecule has 3 aromatic rings. The Bertz CT molecular complexity index is 1220. The lowest BCUT2D eigenvalue weighted by Gasteiger charge is -2.42. The van der Waals surface area contributed by atoms with Gasteiger partial charge in [-0.05, 0) is 109 Å². The average Bonchev–Trinajstić information content (AvgIpc) is 2.99. The highest BCUT2D eigenvalue weighted by molar-refractivity contribution is 5.35. The molecule has 0 saturated heterocycles. The first-order valence-electron chi connectivity index (χ1n) is 15.5. The van der Waals surface area contributed by atoms with E-state index in [1.165, 1.54) is 80.2 Å². The second kappa shape index (κ2) is 13.7. The Morgan fingerprint density at radius 1 is 0.625 bits per heavy atom. The van der Waals surface area contributed by atoms with Crippen LogP contribution < -0.4 is 9.47 Å². The van der Waals surface area contributed by atoms with Crippen molar-refractivity contribution in [1.82, 2.24) is 0 Å². The maximum atomic E-state index is 14.5. The van der Waals surface area contributed by atoms with Gasteiger partial charge in [0.25, 0.3) is 0 Å². The minimum Gasteiger partial charge on any atom is -0.490 e. The molecule has 4 heteroatoms. The van der Waals surface area contributed by atoms with Crippen molar-refractivity contribution >= 4 is 0 Å². The van der Waals surface area contributed by atoms with Crippen molar-refractivity contribution in [2.45, 2.75) is 96.5 Å². The molecule has 0 aromatic heterocycles. The van der Waals surface area contributed by atoms with Gasteiger partial charge in [-0.25, -0.2) is 0 Å². The Labute approximate surface area is 239 Å². The molecule has 2 fully saturated rings. The smallest absolute Gasteiger partial charge is 0.204 e. The van der Waals surface area contributed by atoms with E-state index in [0.717, 1.165) is 36.2 Å². The van der Waals surface area contributed by atoms with E-state index < -0.39 is 11.6 Å². The molecule has 214 valence electrons. The number of unbranched alkanes of at least 4 members (excludes halogenated alkanes) is 1. The Morgan fingerprint density at radius 2 is 1.15 bits per heavy atom. The van der Waals surface area contributed by atoms with Gasteiger partial charge in [0, 0.05) is 0 Å². The predicted octanol–water partition coefficient (Wildman–Crippen LogP) is 10.1. The molecule has 0 radical (unpaired) electrons. The number of halogens is 2. The Morgan fingerprint density at radius 3 is 1.68 bits per heavy atom. The fourth-order valence-electron chi connectivity index (χ4n) is 6.85. The van der Waals surface area contributed by atoms with Crippen LogP contribution in [-0.2, 0) is 13.0 Å². The third kappa shape index (κ3) is 6.87. The topological polar surface area (TPSA) is 18.5 Å². The van der Waals surface area contributed by atoms with Crippen molar-refractivity contribution in [3.63, 3.8) is 0 Å². The number of fused-ring (bicyclic) bond motifs is 1. The first kappa shape index (κ1) is 28.6. The quantitative estimate of drug-likeness (QED) is 0.223. The molecule has 0 spiro atoms. The summed E-state index contributed by atoms with van der Waals surface area (Å²) in [4.78, 5) is 0. The summed E-state index contributed by atoms with van der Waals surface area (Å²) < 4.78 is 39.8. The molecule has 2 saturated carbocycles. The van der Waals surface area contributed by atoms with Crippen LogP contribution in [0.1, 0.15) is 106 Å². The molecule has 0 aliphatic heterocycles. The van der Waals surface area contributed by atoms with Crippen molar-refractivity contribution in [2.24, 2.45) is 11.8 Å². The number of benzene rings is 3. The number of aryl methyl sites for hydroxylation is 1. The van der Waals surface area contributed by atoms with Gasteiger partial charge in [0.2, 0.25) is 11.6 Å². The standard InChI is InChI=1S/C36H44F2O2/c1-3-5-21-39-33-19-20-34(36(38)35(33)37)40-24-26-9-13-28(14-10-26)30-16-18-31-22-29(15-17-32(31)23-30)27-11-7-25(6-4-2)8-12-27/h7-14,19-20,29-32H,3-6,15-18,21-24H2,1-2H3. The number of hydrogen-bond donors (Lipinski definition) is 0. The van der Waals surface area contributed by atoms with Crippen LogP contribution in [0.3, 0.4) is 0 Å². The van der Waals surface area contributed by atoms with Gasteiger partial charge >= 0.3 is 0 Å². The van der Waals surface area contributed by atoms with E-state index >= 15 is 0 Å². The van der Waals surface area contributed by atoms with Gasteiger partial charge < -0.3 is 9.47 Å². The summed E-state index contributed by atoms with van der Waals surface area (Å²) in [5.41, 5.74) is 5.34. The number of ether oxygens (including phenoxy) is 2. The summed E-state index contributed by atoms with van der Waals surface area (Å²) in [5, 5.41) is 0. The van der Waals surface area contributed by atoms with Crippen LogP contribution in [0.5, 0.6) is 11.5 Å². The Balaban J connectivity index is 1.12. The predicted molar refractivity (Wildman–Crippen MR) is 158 cm³/mol. The highest BCUT2D eigenvalue weighted by Gasteiger charge is 2.36. The average molecular weight is 547 g/mol. The zero-order valence-corrected chi connectivity index (χ0v) is 24.1. The van der Waals surface area contributed by atoms with E-state index in [2.05, 4.69) is 55.5 Å². The highest BCUT2D eigenvalue weighted by atomic mass is 19.2. The minimum absolute atomic E-state index is 0.0630. The third-order valence-electron chi connectivity index (χ3n) is 9.22. The Kier molecular flexibility index (Phi) is 9.78. The van der Waals surface area contributed by atoms with Crippen LogP contribution in [0.25, 0.3) is 0 Å². The van der Waals surface area contributed by atoms with Gasteiger partial charge in [0.15, 0.2) is 11.5 Å². The first-order valence-corrected chi connectivity index (χ1v) is 15.5. The van der Waals surface area contributed by atoms with Crippen molar-refractivity contribution in [2.75, 3.05) is 6.61 Å². The first-order chi connectivity index (χ1) is 19.6. The summed E-state index contributed by atoms with van der Waals surface area (Å²) in [7, 11) is 0. The molecule has 0 bridgehead atoms. The van der Waals surface area contributed by atoms with Crippen LogP contribution in [0, 0.1) is 23.5 Å². The van der Waals surface area contributed by atoms with E-state index in [-0.39, 0.29) is 18.1 Å². The van der Waals surface area contributed by atoms with Crippen molar-refractivity contribution in [3.05, 3.63) is 94.6 Å². The lowest BCUT2D eigenvalue weighted by Crippen LogP contribution is -2.29. The van der Waals surface area contributed by atoms with Gasteiger partial charge in [-0.3, -0.25) is 0 Å². The van der Waals surface area contributed by atoms with Crippen LogP contribution >= 0.6 is 0 Å².